The summed E-state index contributed by atoms with van der Waals surface area (Å²) in [4.78, 5) is 12.1. The lowest BCUT2D eigenvalue weighted by Gasteiger charge is -2.06. The summed E-state index contributed by atoms with van der Waals surface area (Å²) in [6.45, 7) is 0.346. The smallest absolute Gasteiger partial charge is 0.252 e. The number of hydrogen-bond donors (Lipinski definition) is 0. The number of aromatic nitrogens is 1. The lowest BCUT2D eigenvalue weighted by atomic mass is 10.2. The molecule has 5 heteroatoms. The molecule has 0 aliphatic rings. The highest BCUT2D eigenvalue weighted by atomic mass is 32.2. The average Bonchev–Trinajstić information content (AvgIpc) is 2.96. The van der Waals surface area contributed by atoms with E-state index in [-0.39, 0.29) is 11.3 Å². The molecule has 0 amide bonds. The fourth-order valence-electron chi connectivity index (χ4n) is 2.41. The van der Waals surface area contributed by atoms with E-state index in [2.05, 4.69) is 0 Å². The molecule has 22 heavy (non-hydrogen) atoms. The van der Waals surface area contributed by atoms with Gasteiger partial charge in [-0.05, 0) is 29.7 Å². The van der Waals surface area contributed by atoms with Crippen molar-refractivity contribution in [1.29, 1.82) is 0 Å². The highest BCUT2D eigenvalue weighted by Gasteiger charge is 2.23. The number of rotatable bonds is 4. The number of carbonyl (C=O) groups excluding carboxylic acids is 1. The maximum absolute atomic E-state index is 12.2. The van der Waals surface area contributed by atoms with Gasteiger partial charge in [0.1, 0.15) is 0 Å². The quantitative estimate of drug-likeness (QED) is 0.744. The van der Waals surface area contributed by atoms with Crippen LogP contribution >= 0.6 is 0 Å². The lowest BCUT2D eigenvalue weighted by Crippen LogP contribution is -2.17. The van der Waals surface area contributed by atoms with Gasteiger partial charge < -0.3 is 4.57 Å². The summed E-state index contributed by atoms with van der Waals surface area (Å²) < 4.78 is 26.3. The highest BCUT2D eigenvalue weighted by Crippen LogP contribution is 2.17. The molecular formula is C17H15NO3S. The van der Waals surface area contributed by atoms with Gasteiger partial charge in [0, 0.05) is 24.7 Å². The van der Waals surface area contributed by atoms with Crippen LogP contribution in [0, 0.1) is 0 Å². The molecule has 0 bridgehead atoms. The Balaban J connectivity index is 1.78. The van der Waals surface area contributed by atoms with Crippen molar-refractivity contribution in [3.05, 3.63) is 66.9 Å². The summed E-state index contributed by atoms with van der Waals surface area (Å²) in [7, 11) is -3.90. The van der Waals surface area contributed by atoms with Crippen LogP contribution in [-0.2, 0) is 21.2 Å². The van der Waals surface area contributed by atoms with Crippen molar-refractivity contribution in [3.8, 4) is 0 Å². The van der Waals surface area contributed by atoms with Gasteiger partial charge in [0.15, 0.2) is 0 Å². The molecule has 0 spiro atoms. The third-order valence-corrected chi connectivity index (χ3v) is 5.29. The number of sulfone groups is 1. The van der Waals surface area contributed by atoms with E-state index >= 15 is 0 Å². The second-order valence-electron chi connectivity index (χ2n) is 5.01. The zero-order valence-electron chi connectivity index (χ0n) is 11.8. The third-order valence-electron chi connectivity index (χ3n) is 3.59. The van der Waals surface area contributed by atoms with Crippen LogP contribution in [0.3, 0.4) is 0 Å². The van der Waals surface area contributed by atoms with Gasteiger partial charge in [-0.15, -0.1) is 0 Å². The predicted octanol–water partition coefficient (Wildman–Crippen LogP) is 3.03. The van der Waals surface area contributed by atoms with Gasteiger partial charge in [0.25, 0.3) is 5.12 Å². The van der Waals surface area contributed by atoms with E-state index in [1.165, 1.54) is 12.1 Å². The van der Waals surface area contributed by atoms with E-state index in [0.717, 1.165) is 10.9 Å². The topological polar surface area (TPSA) is 56.1 Å². The minimum atomic E-state index is -3.90. The predicted molar refractivity (Wildman–Crippen MR) is 85.2 cm³/mol. The van der Waals surface area contributed by atoms with Crippen molar-refractivity contribution in [3.63, 3.8) is 0 Å². The fourth-order valence-corrected chi connectivity index (χ4v) is 3.55. The Morgan fingerprint density at radius 2 is 1.59 bits per heavy atom. The molecule has 0 saturated heterocycles. The Bertz CT molecular complexity index is 911. The average molecular weight is 313 g/mol. The van der Waals surface area contributed by atoms with Gasteiger partial charge in [-0.1, -0.05) is 36.4 Å². The minimum absolute atomic E-state index is 0.0457. The van der Waals surface area contributed by atoms with Crippen molar-refractivity contribution < 1.29 is 13.2 Å². The molecule has 0 radical (unpaired) electrons. The number of carbonyl (C=O) groups is 1. The fraction of sp³-hybridized carbons (Fsp3) is 0.118. The molecule has 0 aliphatic heterocycles. The van der Waals surface area contributed by atoms with Gasteiger partial charge >= 0.3 is 0 Å². The van der Waals surface area contributed by atoms with Crippen molar-refractivity contribution in [1.82, 2.24) is 4.57 Å². The summed E-state index contributed by atoms with van der Waals surface area (Å²) >= 11 is 0. The first-order valence-corrected chi connectivity index (χ1v) is 8.44. The molecule has 0 aliphatic carbocycles. The molecule has 4 nitrogen and oxygen atoms in total. The second-order valence-corrected chi connectivity index (χ2v) is 6.94. The Morgan fingerprint density at radius 1 is 0.909 bits per heavy atom. The SMILES string of the molecule is O=C(CCn1ccc2ccccc21)S(=O)(=O)c1ccccc1. The van der Waals surface area contributed by atoms with Crippen molar-refractivity contribution in [2.75, 3.05) is 0 Å². The maximum atomic E-state index is 12.2. The number of hydrogen-bond acceptors (Lipinski definition) is 3. The Morgan fingerprint density at radius 3 is 2.36 bits per heavy atom. The molecule has 0 unspecified atom stereocenters. The van der Waals surface area contributed by atoms with Crippen LogP contribution in [0.1, 0.15) is 6.42 Å². The van der Waals surface area contributed by atoms with Crippen LogP contribution in [0.5, 0.6) is 0 Å². The monoisotopic (exact) mass is 313 g/mol. The number of benzene rings is 2. The van der Waals surface area contributed by atoms with E-state index in [1.54, 1.807) is 18.2 Å². The molecule has 112 valence electrons. The molecule has 0 atom stereocenters. The normalized spacial score (nSPS) is 11.6. The van der Waals surface area contributed by atoms with E-state index < -0.39 is 15.0 Å². The minimum Gasteiger partial charge on any atom is -0.347 e. The summed E-state index contributed by atoms with van der Waals surface area (Å²) in [5.74, 6) is 0. The lowest BCUT2D eigenvalue weighted by molar-refractivity contribution is -0.111. The number of nitrogens with zero attached hydrogens (tertiary/aromatic N) is 1. The summed E-state index contributed by atoms with van der Waals surface area (Å²) in [5, 5.41) is 0.317. The number of fused-ring (bicyclic) bond motifs is 1. The first kappa shape index (κ1) is 14.5. The van der Waals surface area contributed by atoms with Gasteiger partial charge in [-0.3, -0.25) is 4.79 Å². The van der Waals surface area contributed by atoms with E-state index in [0.29, 0.717) is 6.54 Å². The molecule has 1 heterocycles. The number of aryl methyl sites for hydroxylation is 1. The molecule has 3 rings (SSSR count). The number of para-hydroxylation sites is 1. The van der Waals surface area contributed by atoms with Gasteiger partial charge in [0.05, 0.1) is 4.90 Å². The third kappa shape index (κ3) is 2.67. The molecule has 1 aromatic heterocycles. The van der Waals surface area contributed by atoms with Crippen molar-refractivity contribution in [2.45, 2.75) is 17.9 Å². The van der Waals surface area contributed by atoms with Crippen molar-refractivity contribution >= 4 is 25.9 Å². The van der Waals surface area contributed by atoms with Gasteiger partial charge in [-0.2, -0.15) is 0 Å². The zero-order chi connectivity index (χ0) is 15.6. The van der Waals surface area contributed by atoms with Crippen LogP contribution in [0.15, 0.2) is 71.8 Å². The molecule has 0 fully saturated rings. The van der Waals surface area contributed by atoms with E-state index in [4.69, 9.17) is 0 Å². The highest BCUT2D eigenvalue weighted by molar-refractivity contribution is 8.06. The molecule has 0 saturated carbocycles. The van der Waals surface area contributed by atoms with Crippen LogP contribution in [0.4, 0.5) is 0 Å². The summed E-state index contributed by atoms with van der Waals surface area (Å²) in [5.41, 5.74) is 0.993. The van der Waals surface area contributed by atoms with Crippen LogP contribution < -0.4 is 0 Å². The first-order valence-electron chi connectivity index (χ1n) is 6.96. The second kappa shape index (κ2) is 5.77. The van der Waals surface area contributed by atoms with Crippen LogP contribution in [0.2, 0.25) is 0 Å². The van der Waals surface area contributed by atoms with E-state index in [9.17, 15) is 13.2 Å². The van der Waals surface area contributed by atoms with E-state index in [1.807, 2.05) is 41.1 Å². The summed E-state index contributed by atoms with van der Waals surface area (Å²) in [6.07, 6.45) is 1.82. The largest absolute Gasteiger partial charge is 0.347 e. The maximum Gasteiger partial charge on any atom is 0.252 e. The van der Waals surface area contributed by atoms with Gasteiger partial charge in [0.2, 0.25) is 9.84 Å². The van der Waals surface area contributed by atoms with Gasteiger partial charge in [-0.25, -0.2) is 8.42 Å². The Kier molecular flexibility index (Phi) is 3.81. The molecule has 0 N–H and O–H groups in total. The standard InChI is InChI=1S/C17H15NO3S/c19-17(22(20,21)15-7-2-1-3-8-15)11-13-18-12-10-14-6-4-5-9-16(14)18/h1-10,12H,11,13H2. The summed E-state index contributed by atoms with van der Waals surface area (Å²) in [6, 6.07) is 17.6. The Labute approximate surface area is 128 Å². The molecular weight excluding hydrogens is 298 g/mol. The van der Waals surface area contributed by atoms with Crippen LogP contribution in [0.25, 0.3) is 10.9 Å². The zero-order valence-corrected chi connectivity index (χ0v) is 12.7. The Hall–Kier alpha value is -2.40. The molecule has 3 aromatic rings. The first-order chi connectivity index (χ1) is 10.6. The van der Waals surface area contributed by atoms with Crippen molar-refractivity contribution in [2.24, 2.45) is 0 Å². The van der Waals surface area contributed by atoms with Crippen LogP contribution in [-0.4, -0.2) is 18.1 Å². The molecule has 2 aromatic carbocycles.